The van der Waals surface area contributed by atoms with E-state index in [0.29, 0.717) is 24.7 Å². The predicted molar refractivity (Wildman–Crippen MR) is 80.4 cm³/mol. The molecule has 21 heavy (non-hydrogen) atoms. The van der Waals surface area contributed by atoms with Crippen molar-refractivity contribution in [1.82, 2.24) is 4.90 Å². The Kier molecular flexibility index (Phi) is 4.54. The number of hydrogen-bond donors (Lipinski definition) is 0. The van der Waals surface area contributed by atoms with Crippen LogP contribution < -0.4 is 0 Å². The zero-order valence-electron chi connectivity index (χ0n) is 13.6. The Morgan fingerprint density at radius 1 is 1.14 bits per heavy atom. The van der Waals surface area contributed by atoms with Crippen LogP contribution in [-0.4, -0.2) is 29.0 Å². The molecule has 118 valence electrons. The first-order valence-corrected chi connectivity index (χ1v) is 8.08. The van der Waals surface area contributed by atoms with Crippen LogP contribution in [0.4, 0.5) is 0 Å². The summed E-state index contributed by atoms with van der Waals surface area (Å²) in [6.07, 6.45) is 4.03. The largest absolute Gasteiger partial charge is 0.299 e. The van der Waals surface area contributed by atoms with Crippen molar-refractivity contribution in [3.8, 4) is 0 Å². The molecule has 2 amide bonds. The van der Waals surface area contributed by atoms with Crippen LogP contribution in [0.15, 0.2) is 0 Å². The van der Waals surface area contributed by atoms with Crippen LogP contribution in [0.5, 0.6) is 0 Å². The van der Waals surface area contributed by atoms with Crippen LogP contribution in [0.1, 0.15) is 59.8 Å². The van der Waals surface area contributed by atoms with Gasteiger partial charge in [0.05, 0.1) is 0 Å². The standard InChI is InChI=1S/C17H27NO3/c1-11-9-14(19)18(16(11)21)10-12-5-7-13(8-6-12)15(20)17(2,3)4/h11-13H,5-10H2,1-4H3. The average Bonchev–Trinajstić information content (AvgIpc) is 2.64. The van der Waals surface area contributed by atoms with Gasteiger partial charge >= 0.3 is 0 Å². The Balaban J connectivity index is 1.86. The van der Waals surface area contributed by atoms with Crippen molar-refractivity contribution in [2.75, 3.05) is 6.54 Å². The summed E-state index contributed by atoms with van der Waals surface area (Å²) in [5.74, 6) is 0.671. The molecule has 4 heteroatoms. The molecule has 1 atom stereocenters. The highest BCUT2D eigenvalue weighted by molar-refractivity contribution is 6.03. The molecule has 0 aromatic rings. The number of amides is 2. The first kappa shape index (κ1) is 16.2. The lowest BCUT2D eigenvalue weighted by Crippen LogP contribution is -2.38. The van der Waals surface area contributed by atoms with E-state index in [9.17, 15) is 14.4 Å². The molecule has 1 unspecified atom stereocenters. The van der Waals surface area contributed by atoms with Gasteiger partial charge in [-0.05, 0) is 31.6 Å². The summed E-state index contributed by atoms with van der Waals surface area (Å²) < 4.78 is 0. The minimum absolute atomic E-state index is 0.0205. The van der Waals surface area contributed by atoms with Gasteiger partial charge in [0.15, 0.2) is 0 Å². The van der Waals surface area contributed by atoms with E-state index in [-0.39, 0.29) is 29.1 Å². The van der Waals surface area contributed by atoms with Crippen molar-refractivity contribution >= 4 is 17.6 Å². The predicted octanol–water partition coefficient (Wildman–Crippen LogP) is 2.80. The van der Waals surface area contributed by atoms with Crippen LogP contribution in [0, 0.1) is 23.2 Å². The second-order valence-electron chi connectivity index (χ2n) is 7.78. The van der Waals surface area contributed by atoms with Gasteiger partial charge in [0.25, 0.3) is 0 Å². The van der Waals surface area contributed by atoms with Crippen LogP contribution in [-0.2, 0) is 14.4 Å². The molecule has 1 aliphatic heterocycles. The van der Waals surface area contributed by atoms with Crippen molar-refractivity contribution < 1.29 is 14.4 Å². The van der Waals surface area contributed by atoms with E-state index in [1.807, 2.05) is 27.7 Å². The lowest BCUT2D eigenvalue weighted by atomic mass is 9.73. The molecule has 0 spiro atoms. The second-order valence-corrected chi connectivity index (χ2v) is 7.78. The summed E-state index contributed by atoms with van der Waals surface area (Å²) in [6, 6.07) is 0. The smallest absolute Gasteiger partial charge is 0.232 e. The van der Waals surface area contributed by atoms with Gasteiger partial charge in [-0.1, -0.05) is 27.7 Å². The summed E-state index contributed by atoms with van der Waals surface area (Å²) in [5, 5.41) is 0. The SMILES string of the molecule is CC1CC(=O)N(CC2CCC(C(=O)C(C)(C)C)CC2)C1=O. The normalized spacial score (nSPS) is 30.9. The highest BCUT2D eigenvalue weighted by Gasteiger charge is 2.38. The van der Waals surface area contributed by atoms with Gasteiger partial charge in [-0.2, -0.15) is 0 Å². The fraction of sp³-hybridized carbons (Fsp3) is 0.824. The van der Waals surface area contributed by atoms with E-state index in [1.165, 1.54) is 4.90 Å². The van der Waals surface area contributed by atoms with Gasteiger partial charge in [0, 0.05) is 30.2 Å². The molecule has 1 aliphatic carbocycles. The van der Waals surface area contributed by atoms with E-state index in [4.69, 9.17) is 0 Å². The van der Waals surface area contributed by atoms with Crippen molar-refractivity contribution in [3.63, 3.8) is 0 Å². The maximum absolute atomic E-state index is 12.3. The maximum Gasteiger partial charge on any atom is 0.232 e. The van der Waals surface area contributed by atoms with E-state index >= 15 is 0 Å². The van der Waals surface area contributed by atoms with Gasteiger partial charge in [-0.15, -0.1) is 0 Å². The summed E-state index contributed by atoms with van der Waals surface area (Å²) in [4.78, 5) is 37.5. The molecule has 0 N–H and O–H groups in total. The lowest BCUT2D eigenvalue weighted by Gasteiger charge is -2.32. The van der Waals surface area contributed by atoms with Crippen LogP contribution in [0.25, 0.3) is 0 Å². The highest BCUT2D eigenvalue weighted by atomic mass is 16.2. The number of nitrogens with zero attached hydrogens (tertiary/aromatic N) is 1. The van der Waals surface area contributed by atoms with Crippen LogP contribution in [0.2, 0.25) is 0 Å². The number of carbonyl (C=O) groups excluding carboxylic acids is 3. The third-order valence-electron chi connectivity index (χ3n) is 4.87. The molecule has 1 saturated heterocycles. The number of carbonyl (C=O) groups is 3. The minimum atomic E-state index is -0.270. The molecule has 0 aromatic heterocycles. The van der Waals surface area contributed by atoms with E-state index in [2.05, 4.69) is 0 Å². The fourth-order valence-electron chi connectivity index (χ4n) is 3.52. The number of ketones is 1. The Labute approximate surface area is 127 Å². The Bertz CT molecular complexity index is 441. The number of rotatable bonds is 3. The molecular weight excluding hydrogens is 266 g/mol. The Hall–Kier alpha value is -1.19. The van der Waals surface area contributed by atoms with E-state index < -0.39 is 0 Å². The average molecular weight is 293 g/mol. The highest BCUT2D eigenvalue weighted by Crippen LogP contribution is 2.35. The third kappa shape index (κ3) is 3.53. The number of imide groups is 1. The second kappa shape index (κ2) is 5.90. The van der Waals surface area contributed by atoms with Crippen LogP contribution in [0.3, 0.4) is 0 Å². The number of Topliss-reactive ketones (excluding diaryl/α,β-unsaturated/α-hetero) is 1. The molecule has 2 fully saturated rings. The monoisotopic (exact) mass is 293 g/mol. The van der Waals surface area contributed by atoms with Crippen molar-refractivity contribution in [2.24, 2.45) is 23.2 Å². The van der Waals surface area contributed by atoms with Gasteiger partial charge < -0.3 is 0 Å². The van der Waals surface area contributed by atoms with Gasteiger partial charge in [0.1, 0.15) is 5.78 Å². The van der Waals surface area contributed by atoms with E-state index in [0.717, 1.165) is 25.7 Å². The zero-order valence-corrected chi connectivity index (χ0v) is 13.6. The fourth-order valence-corrected chi connectivity index (χ4v) is 3.52. The Morgan fingerprint density at radius 2 is 1.71 bits per heavy atom. The number of hydrogen-bond acceptors (Lipinski definition) is 3. The number of likely N-dealkylation sites (tertiary alicyclic amines) is 1. The molecule has 1 heterocycles. The Morgan fingerprint density at radius 3 is 2.14 bits per heavy atom. The van der Waals surface area contributed by atoms with Crippen molar-refractivity contribution in [3.05, 3.63) is 0 Å². The molecule has 2 rings (SSSR count). The molecule has 0 aromatic carbocycles. The lowest BCUT2D eigenvalue weighted by molar-refractivity contribution is -0.140. The molecule has 2 aliphatic rings. The molecule has 0 radical (unpaired) electrons. The third-order valence-corrected chi connectivity index (χ3v) is 4.87. The summed E-state index contributed by atoms with van der Waals surface area (Å²) in [6.45, 7) is 8.30. The first-order chi connectivity index (χ1) is 9.70. The quantitative estimate of drug-likeness (QED) is 0.752. The zero-order chi connectivity index (χ0) is 15.8. The van der Waals surface area contributed by atoms with Gasteiger partial charge in [0.2, 0.25) is 11.8 Å². The summed E-state index contributed by atoms with van der Waals surface area (Å²) >= 11 is 0. The van der Waals surface area contributed by atoms with Gasteiger partial charge in [-0.3, -0.25) is 19.3 Å². The van der Waals surface area contributed by atoms with Crippen LogP contribution >= 0.6 is 0 Å². The minimum Gasteiger partial charge on any atom is -0.299 e. The van der Waals surface area contributed by atoms with Gasteiger partial charge in [-0.25, -0.2) is 0 Å². The topological polar surface area (TPSA) is 54.5 Å². The summed E-state index contributed by atoms with van der Waals surface area (Å²) in [7, 11) is 0. The van der Waals surface area contributed by atoms with Crippen molar-refractivity contribution in [2.45, 2.75) is 59.8 Å². The molecule has 0 bridgehead atoms. The first-order valence-electron chi connectivity index (χ1n) is 8.08. The maximum atomic E-state index is 12.3. The van der Waals surface area contributed by atoms with E-state index in [1.54, 1.807) is 0 Å². The molecule has 4 nitrogen and oxygen atoms in total. The molecular formula is C17H27NO3. The summed E-state index contributed by atoms with van der Waals surface area (Å²) in [5.41, 5.74) is -0.270. The molecule has 1 saturated carbocycles. The van der Waals surface area contributed by atoms with Crippen molar-refractivity contribution in [1.29, 1.82) is 0 Å².